The summed E-state index contributed by atoms with van der Waals surface area (Å²) >= 11 is 1.38. The summed E-state index contributed by atoms with van der Waals surface area (Å²) in [5, 5.41) is 20.4. The largest absolute Gasteiger partial charge is 0.373 e. The van der Waals surface area contributed by atoms with E-state index in [1.165, 1.54) is 16.2 Å². The Kier molecular flexibility index (Phi) is 9.80. The predicted molar refractivity (Wildman–Crippen MR) is 123 cm³/mol. The van der Waals surface area contributed by atoms with Crippen LogP contribution in [0.15, 0.2) is 12.2 Å². The summed E-state index contributed by atoms with van der Waals surface area (Å²) in [6.45, 7) is 6.74. The first-order chi connectivity index (χ1) is 14.5. The fourth-order valence-electron chi connectivity index (χ4n) is 3.87. The molecule has 0 saturated carbocycles. The Morgan fingerprint density at radius 3 is 2.57 bits per heavy atom. The zero-order valence-corrected chi connectivity index (χ0v) is 19.5. The minimum Gasteiger partial charge on any atom is -0.373 e. The Morgan fingerprint density at radius 2 is 1.97 bits per heavy atom. The smallest absolute Gasteiger partial charge is 0.329 e. The van der Waals surface area contributed by atoms with Gasteiger partial charge in [0, 0.05) is 19.4 Å². The number of hydrogen-bond acceptors (Lipinski definition) is 5. The zero-order chi connectivity index (χ0) is 22.0. The number of hydrogen-bond donors (Lipinski definition) is 1. The molecule has 1 atom stereocenters. The molecule has 1 aromatic rings. The molecule has 6 nitrogen and oxygen atoms in total. The second-order valence-corrected chi connectivity index (χ2v) is 8.94. The van der Waals surface area contributed by atoms with E-state index in [1.807, 2.05) is 13.0 Å². The van der Waals surface area contributed by atoms with Gasteiger partial charge in [-0.25, -0.2) is 9.69 Å². The molecule has 1 unspecified atom stereocenters. The van der Waals surface area contributed by atoms with Gasteiger partial charge in [-0.05, 0) is 32.6 Å². The van der Waals surface area contributed by atoms with Crippen LogP contribution in [-0.4, -0.2) is 44.5 Å². The number of rotatable bonds is 12. The highest BCUT2D eigenvalue weighted by Gasteiger charge is 2.44. The monoisotopic (exact) mass is 432 g/mol. The van der Waals surface area contributed by atoms with Crippen LogP contribution in [0, 0.1) is 12.3 Å². The Labute approximate surface area is 185 Å². The maximum absolute atomic E-state index is 13.5. The van der Waals surface area contributed by atoms with Crippen LogP contribution < -0.4 is 4.90 Å². The molecular weight excluding hydrogens is 396 g/mol. The first-order valence-corrected chi connectivity index (χ1v) is 12.0. The summed E-state index contributed by atoms with van der Waals surface area (Å²) in [5.74, 6) is 2.97. The highest BCUT2D eigenvalue weighted by Crippen LogP contribution is 2.35. The second kappa shape index (κ2) is 12.1. The van der Waals surface area contributed by atoms with Crippen molar-refractivity contribution < 1.29 is 9.90 Å². The van der Waals surface area contributed by atoms with Gasteiger partial charge in [0.25, 0.3) is 0 Å². The third-order valence-electron chi connectivity index (χ3n) is 5.68. The summed E-state index contributed by atoms with van der Waals surface area (Å²) in [5.41, 5.74) is -0.610. The van der Waals surface area contributed by atoms with Crippen LogP contribution >= 0.6 is 11.3 Å². The number of carbonyl (C=O) groups is 1. The molecule has 2 amide bonds. The average molecular weight is 433 g/mol. The van der Waals surface area contributed by atoms with E-state index in [9.17, 15) is 9.90 Å². The molecule has 0 aliphatic carbocycles. The third-order valence-corrected chi connectivity index (χ3v) is 6.66. The molecule has 7 heteroatoms. The van der Waals surface area contributed by atoms with Crippen LogP contribution in [0.4, 0.5) is 9.93 Å². The van der Waals surface area contributed by atoms with Crippen molar-refractivity contribution in [1.82, 2.24) is 15.1 Å². The van der Waals surface area contributed by atoms with Gasteiger partial charge in [0.1, 0.15) is 16.8 Å². The van der Waals surface area contributed by atoms with Gasteiger partial charge in [0.15, 0.2) is 0 Å². The van der Waals surface area contributed by atoms with Gasteiger partial charge >= 0.3 is 6.03 Å². The lowest BCUT2D eigenvalue weighted by Gasteiger charge is -2.46. The van der Waals surface area contributed by atoms with Crippen molar-refractivity contribution in [3.63, 3.8) is 0 Å². The number of aliphatic hydroxyl groups is 1. The normalized spacial score (nSPS) is 17.7. The van der Waals surface area contributed by atoms with Gasteiger partial charge in [-0.1, -0.05) is 68.9 Å². The summed E-state index contributed by atoms with van der Waals surface area (Å²) < 4.78 is 0. The van der Waals surface area contributed by atoms with E-state index < -0.39 is 11.8 Å². The Hall–Kier alpha value is -1.91. The number of urea groups is 1. The second-order valence-electron chi connectivity index (χ2n) is 7.90. The molecule has 0 aromatic carbocycles. The van der Waals surface area contributed by atoms with E-state index in [4.69, 9.17) is 6.42 Å². The average Bonchev–Trinajstić information content (AvgIpc) is 3.21. The lowest BCUT2D eigenvalue weighted by Crippen LogP contribution is -2.62. The Bertz CT molecular complexity index is 732. The van der Waals surface area contributed by atoms with E-state index in [1.54, 1.807) is 4.90 Å². The van der Waals surface area contributed by atoms with Crippen LogP contribution in [-0.2, 0) is 6.42 Å². The van der Waals surface area contributed by atoms with Gasteiger partial charge in [-0.15, -0.1) is 16.6 Å². The van der Waals surface area contributed by atoms with Crippen LogP contribution in [0.25, 0.3) is 0 Å². The highest BCUT2D eigenvalue weighted by molar-refractivity contribution is 7.15. The maximum atomic E-state index is 13.5. The van der Waals surface area contributed by atoms with Gasteiger partial charge in [-0.3, -0.25) is 0 Å². The molecule has 166 valence electrons. The third kappa shape index (κ3) is 5.83. The molecular formula is C23H36N4O2S. The van der Waals surface area contributed by atoms with Crippen LogP contribution in [0.3, 0.4) is 0 Å². The molecule has 1 aromatic heterocycles. The molecule has 2 rings (SSSR count). The molecule has 0 spiro atoms. The number of nitrogens with zero attached hydrogens (tertiary/aromatic N) is 4. The van der Waals surface area contributed by atoms with E-state index in [0.29, 0.717) is 18.1 Å². The fraction of sp³-hybridized carbons (Fsp3) is 0.696. The summed E-state index contributed by atoms with van der Waals surface area (Å²) in [6, 6.07) is -0.254. The van der Waals surface area contributed by atoms with Crippen molar-refractivity contribution >= 4 is 22.5 Å². The zero-order valence-electron chi connectivity index (χ0n) is 18.6. The van der Waals surface area contributed by atoms with Crippen molar-refractivity contribution in [2.24, 2.45) is 0 Å². The molecule has 1 aliphatic heterocycles. The van der Waals surface area contributed by atoms with Gasteiger partial charge in [-0.2, -0.15) is 0 Å². The summed E-state index contributed by atoms with van der Waals surface area (Å²) in [4.78, 5) is 16.7. The number of aromatic nitrogens is 2. The van der Waals surface area contributed by atoms with Crippen molar-refractivity contribution in [1.29, 1.82) is 0 Å². The molecule has 0 radical (unpaired) electrons. The van der Waals surface area contributed by atoms with Crippen molar-refractivity contribution in [3.8, 4) is 12.3 Å². The number of anilines is 1. The van der Waals surface area contributed by atoms with Crippen molar-refractivity contribution in [3.05, 3.63) is 17.2 Å². The molecule has 1 saturated heterocycles. The molecule has 0 bridgehead atoms. The number of carbonyl (C=O) groups excluding carboxylic acids is 1. The number of amides is 2. The number of aliphatic hydroxyl groups excluding tert-OH is 1. The van der Waals surface area contributed by atoms with Gasteiger partial charge in [0.05, 0.1) is 0 Å². The molecule has 2 heterocycles. The highest BCUT2D eigenvalue weighted by atomic mass is 32.1. The number of allylic oxidation sites excluding steroid dienone is 2. The first-order valence-electron chi connectivity index (χ1n) is 11.2. The van der Waals surface area contributed by atoms with Crippen molar-refractivity contribution in [2.45, 2.75) is 96.7 Å². The van der Waals surface area contributed by atoms with Gasteiger partial charge in [0.2, 0.25) is 5.13 Å². The van der Waals surface area contributed by atoms with Gasteiger partial charge < -0.3 is 10.0 Å². The molecule has 1 aliphatic rings. The quantitative estimate of drug-likeness (QED) is 0.282. The SMILES string of the molecule is C#CC(CCCC)(CCCC)N1CCC(O)N(c2nnc(CCCC=CC)s2)C1=O. The topological polar surface area (TPSA) is 69.6 Å². The minimum atomic E-state index is -0.898. The minimum absolute atomic E-state index is 0.254. The summed E-state index contributed by atoms with van der Waals surface area (Å²) in [7, 11) is 0. The molecule has 1 fully saturated rings. The lowest BCUT2D eigenvalue weighted by molar-refractivity contribution is 0.0700. The van der Waals surface area contributed by atoms with Crippen LogP contribution in [0.2, 0.25) is 0 Å². The Balaban J connectivity index is 2.22. The van der Waals surface area contributed by atoms with Crippen LogP contribution in [0.5, 0.6) is 0 Å². The van der Waals surface area contributed by atoms with E-state index in [-0.39, 0.29) is 6.03 Å². The number of aryl methyl sites for hydroxylation is 1. The molecule has 30 heavy (non-hydrogen) atoms. The van der Waals surface area contributed by atoms with Crippen LogP contribution in [0.1, 0.15) is 83.6 Å². The fourth-order valence-corrected chi connectivity index (χ4v) is 4.79. The lowest BCUT2D eigenvalue weighted by atomic mass is 9.85. The van der Waals surface area contributed by atoms with E-state index in [0.717, 1.165) is 62.8 Å². The first kappa shape index (κ1) is 24.4. The Morgan fingerprint density at radius 1 is 1.27 bits per heavy atom. The number of terminal acetylenes is 1. The van der Waals surface area contributed by atoms with E-state index in [2.05, 4.69) is 36.0 Å². The number of unbranched alkanes of at least 4 members (excludes halogenated alkanes) is 3. The van der Waals surface area contributed by atoms with Crippen molar-refractivity contribution in [2.75, 3.05) is 11.4 Å². The maximum Gasteiger partial charge on any atom is 0.329 e. The van der Waals surface area contributed by atoms with E-state index >= 15 is 0 Å². The molecule has 1 N–H and O–H groups in total. The summed E-state index contributed by atoms with van der Waals surface area (Å²) in [6.07, 6.45) is 18.1. The standard InChI is InChI=1S/C23H36N4O2S/c1-5-9-12-13-14-19-24-25-21(30-19)27-20(28)15-18-26(22(27)29)23(8-4,16-10-6-2)17-11-7-3/h4-5,9,20,28H,6-7,10-18H2,1-3H3. The predicted octanol–water partition coefficient (Wildman–Crippen LogP) is 5.14.